The van der Waals surface area contributed by atoms with E-state index in [0.717, 1.165) is 22.4 Å². The summed E-state index contributed by atoms with van der Waals surface area (Å²) in [6.07, 6.45) is 1.43. The van der Waals surface area contributed by atoms with Gasteiger partial charge in [-0.3, -0.25) is 0 Å². The Bertz CT molecular complexity index is 1620. The number of carbonyl (C=O) groups excluding carboxylic acids is 1. The Morgan fingerprint density at radius 1 is 0.976 bits per heavy atom. The summed E-state index contributed by atoms with van der Waals surface area (Å²) in [5, 5.41) is 1.22. The molecule has 0 aromatic heterocycles. The van der Waals surface area contributed by atoms with E-state index >= 15 is 0 Å². The van der Waals surface area contributed by atoms with Crippen molar-refractivity contribution in [2.45, 2.75) is 45.2 Å². The number of halogens is 3. The molecule has 1 heterocycles. The van der Waals surface area contributed by atoms with E-state index < -0.39 is 33.1 Å². The minimum Gasteiger partial charge on any atom is -0.444 e. The van der Waals surface area contributed by atoms with Gasteiger partial charge in [0.25, 0.3) is 0 Å². The van der Waals surface area contributed by atoms with Gasteiger partial charge >= 0.3 is 21.7 Å². The van der Waals surface area contributed by atoms with E-state index in [1.807, 2.05) is 50.2 Å². The molecular weight excluding hydrogens is 557 g/mol. The van der Waals surface area contributed by atoms with Crippen LogP contribution in [0.3, 0.4) is 0 Å². The first-order valence-corrected chi connectivity index (χ1v) is 14.4. The fraction of sp³-hybridized carbons (Fsp3) is 0.367. The van der Waals surface area contributed by atoms with Crippen LogP contribution in [0.15, 0.2) is 54.6 Å². The number of aryl methyl sites for hydroxylation is 1. The second kappa shape index (κ2) is 10.9. The van der Waals surface area contributed by atoms with E-state index in [1.54, 1.807) is 39.0 Å². The van der Waals surface area contributed by atoms with Gasteiger partial charge in [0.05, 0.1) is 0 Å². The first kappa shape index (κ1) is 30.2. The monoisotopic (exact) mass is 590 g/mol. The summed E-state index contributed by atoms with van der Waals surface area (Å²) in [6, 6.07) is 14.3. The number of carbonyl (C=O) groups is 1. The van der Waals surface area contributed by atoms with Crippen molar-refractivity contribution in [3.63, 3.8) is 0 Å². The molecule has 4 rings (SSSR count). The van der Waals surface area contributed by atoms with Crippen molar-refractivity contribution >= 4 is 38.2 Å². The molecule has 7 nitrogen and oxygen atoms in total. The van der Waals surface area contributed by atoms with Gasteiger partial charge in [0, 0.05) is 38.4 Å². The zero-order valence-corrected chi connectivity index (χ0v) is 24.6. The van der Waals surface area contributed by atoms with Crippen LogP contribution < -0.4 is 9.08 Å². The minimum atomic E-state index is -5.91. The average Bonchev–Trinajstić information content (AvgIpc) is 2.86. The molecule has 0 bridgehead atoms. The van der Waals surface area contributed by atoms with Crippen molar-refractivity contribution in [3.8, 4) is 16.9 Å². The first-order valence-electron chi connectivity index (χ1n) is 13.0. The standard InChI is InChI=1S/C30H33F3N2O5S/c1-19-17-21(8-11-25(19)34(5)6)22-7-10-24-23(18-22)9-12-26(40-41(37,38)30(31,32)33)27(24)20-13-15-35(16-14-20)28(36)39-29(2,3)4/h7-13,17-18H,14-16H2,1-6H3. The number of benzene rings is 3. The number of hydrogen-bond donors (Lipinski definition) is 0. The number of ether oxygens (including phenoxy) is 1. The van der Waals surface area contributed by atoms with Crippen molar-refractivity contribution in [2.24, 2.45) is 0 Å². The minimum absolute atomic E-state index is 0.141. The largest absolute Gasteiger partial charge is 0.534 e. The van der Waals surface area contributed by atoms with E-state index in [1.165, 1.54) is 11.0 Å². The predicted molar refractivity (Wildman–Crippen MR) is 154 cm³/mol. The Kier molecular flexibility index (Phi) is 8.05. The Labute approximate surface area is 238 Å². The van der Waals surface area contributed by atoms with E-state index in [-0.39, 0.29) is 25.1 Å². The Balaban J connectivity index is 1.79. The topological polar surface area (TPSA) is 76.1 Å². The molecule has 220 valence electrons. The third-order valence-electron chi connectivity index (χ3n) is 6.66. The Hall–Kier alpha value is -3.73. The summed E-state index contributed by atoms with van der Waals surface area (Å²) in [6.45, 7) is 7.65. The van der Waals surface area contributed by atoms with Gasteiger partial charge < -0.3 is 18.7 Å². The molecule has 0 radical (unpaired) electrons. The SMILES string of the molecule is Cc1cc(-c2ccc3c(C4=CCN(C(=O)OC(C)(C)C)CC4)c(OS(=O)(=O)C(F)(F)F)ccc3c2)ccc1N(C)C. The number of amides is 1. The van der Waals surface area contributed by atoms with Gasteiger partial charge in [-0.25, -0.2) is 4.79 Å². The smallest absolute Gasteiger partial charge is 0.444 e. The lowest BCUT2D eigenvalue weighted by molar-refractivity contribution is -0.0500. The molecule has 1 aliphatic rings. The number of fused-ring (bicyclic) bond motifs is 1. The Morgan fingerprint density at radius 3 is 2.20 bits per heavy atom. The number of rotatable bonds is 5. The molecule has 1 amide bonds. The van der Waals surface area contributed by atoms with Crippen LogP contribution >= 0.6 is 0 Å². The van der Waals surface area contributed by atoms with Gasteiger partial charge in [0.1, 0.15) is 5.60 Å². The van der Waals surface area contributed by atoms with Gasteiger partial charge in [-0.05, 0) is 91.4 Å². The number of alkyl halides is 3. The highest BCUT2D eigenvalue weighted by molar-refractivity contribution is 7.88. The van der Waals surface area contributed by atoms with Crippen molar-refractivity contribution in [2.75, 3.05) is 32.1 Å². The molecule has 0 atom stereocenters. The summed E-state index contributed by atoms with van der Waals surface area (Å²) in [7, 11) is -1.98. The predicted octanol–water partition coefficient (Wildman–Crippen LogP) is 7.13. The maximum Gasteiger partial charge on any atom is 0.534 e. The molecule has 0 unspecified atom stereocenters. The molecule has 0 aliphatic carbocycles. The highest BCUT2D eigenvalue weighted by Crippen LogP contribution is 2.40. The van der Waals surface area contributed by atoms with Crippen molar-refractivity contribution in [1.29, 1.82) is 0 Å². The van der Waals surface area contributed by atoms with Gasteiger partial charge in [0.2, 0.25) is 0 Å². The van der Waals surface area contributed by atoms with Crippen LogP contribution in [-0.4, -0.2) is 57.7 Å². The molecule has 3 aromatic carbocycles. The van der Waals surface area contributed by atoms with Crippen LogP contribution in [0.4, 0.5) is 23.7 Å². The first-order chi connectivity index (χ1) is 19.0. The zero-order valence-electron chi connectivity index (χ0n) is 23.8. The lowest BCUT2D eigenvalue weighted by Gasteiger charge is -2.30. The van der Waals surface area contributed by atoms with E-state index in [0.29, 0.717) is 16.3 Å². The third kappa shape index (κ3) is 6.61. The molecule has 1 aliphatic heterocycles. The van der Waals surface area contributed by atoms with Crippen LogP contribution in [0.1, 0.15) is 38.3 Å². The molecule has 3 aromatic rings. The fourth-order valence-electron chi connectivity index (χ4n) is 4.78. The molecule has 0 spiro atoms. The molecular formula is C30H33F3N2O5S. The van der Waals surface area contributed by atoms with Gasteiger partial charge in [-0.1, -0.05) is 30.3 Å². The van der Waals surface area contributed by atoms with Gasteiger partial charge in [-0.15, -0.1) is 0 Å². The van der Waals surface area contributed by atoms with Gasteiger partial charge in [-0.2, -0.15) is 21.6 Å². The fourth-order valence-corrected chi connectivity index (χ4v) is 5.25. The van der Waals surface area contributed by atoms with E-state index in [9.17, 15) is 26.4 Å². The molecule has 0 fully saturated rings. The van der Waals surface area contributed by atoms with Crippen LogP contribution in [0, 0.1) is 6.92 Å². The van der Waals surface area contributed by atoms with Crippen molar-refractivity contribution < 1.29 is 35.3 Å². The van der Waals surface area contributed by atoms with Crippen LogP contribution in [0.25, 0.3) is 27.5 Å². The molecule has 0 N–H and O–H groups in total. The summed E-state index contributed by atoms with van der Waals surface area (Å²) in [5.41, 5.74) is -1.46. The summed E-state index contributed by atoms with van der Waals surface area (Å²) < 4.78 is 73.8. The lowest BCUT2D eigenvalue weighted by Crippen LogP contribution is -2.39. The van der Waals surface area contributed by atoms with Gasteiger partial charge in [0.15, 0.2) is 5.75 Å². The number of anilines is 1. The average molecular weight is 591 g/mol. The summed E-state index contributed by atoms with van der Waals surface area (Å²) in [5.74, 6) is -0.425. The summed E-state index contributed by atoms with van der Waals surface area (Å²) >= 11 is 0. The second-order valence-corrected chi connectivity index (χ2v) is 12.7. The number of hydrogen-bond acceptors (Lipinski definition) is 6. The summed E-state index contributed by atoms with van der Waals surface area (Å²) in [4.78, 5) is 16.0. The highest BCUT2D eigenvalue weighted by atomic mass is 32.2. The van der Waals surface area contributed by atoms with E-state index in [4.69, 9.17) is 4.74 Å². The zero-order chi connectivity index (χ0) is 30.3. The van der Waals surface area contributed by atoms with Crippen LogP contribution in [0.2, 0.25) is 0 Å². The Morgan fingerprint density at radius 2 is 1.63 bits per heavy atom. The molecule has 41 heavy (non-hydrogen) atoms. The highest BCUT2D eigenvalue weighted by Gasteiger charge is 2.49. The third-order valence-corrected chi connectivity index (χ3v) is 7.62. The maximum atomic E-state index is 13.2. The molecule has 0 saturated heterocycles. The molecule has 11 heteroatoms. The number of nitrogens with zero attached hydrogens (tertiary/aromatic N) is 2. The van der Waals surface area contributed by atoms with E-state index in [2.05, 4.69) is 10.2 Å². The van der Waals surface area contributed by atoms with Crippen LogP contribution in [-0.2, 0) is 14.9 Å². The second-order valence-electron chi connectivity index (χ2n) is 11.2. The lowest BCUT2D eigenvalue weighted by atomic mass is 9.91. The quantitative estimate of drug-likeness (QED) is 0.232. The van der Waals surface area contributed by atoms with Crippen LogP contribution in [0.5, 0.6) is 5.75 Å². The molecule has 0 saturated carbocycles. The maximum absolute atomic E-state index is 13.2. The van der Waals surface area contributed by atoms with Crippen molar-refractivity contribution in [1.82, 2.24) is 4.90 Å². The van der Waals surface area contributed by atoms with Crippen molar-refractivity contribution in [3.05, 3.63) is 65.7 Å². The normalized spacial score (nSPS) is 14.6.